The minimum absolute atomic E-state index is 0.0643. The van der Waals surface area contributed by atoms with E-state index in [2.05, 4.69) is 0 Å². The number of rotatable bonds is 5. The van der Waals surface area contributed by atoms with E-state index in [9.17, 15) is 13.2 Å². The van der Waals surface area contributed by atoms with E-state index in [1.54, 1.807) is 18.2 Å². The maximum absolute atomic E-state index is 12.6. The van der Waals surface area contributed by atoms with E-state index < -0.39 is 16.0 Å². The Kier molecular flexibility index (Phi) is 6.42. The minimum atomic E-state index is -3.52. The van der Waals surface area contributed by atoms with Gasteiger partial charge in [0.15, 0.2) is 0 Å². The van der Waals surface area contributed by atoms with Crippen LogP contribution in [-0.4, -0.2) is 31.8 Å². The van der Waals surface area contributed by atoms with Crippen molar-refractivity contribution in [1.29, 1.82) is 0 Å². The van der Waals surface area contributed by atoms with Crippen LogP contribution in [0.5, 0.6) is 0 Å². The minimum Gasteiger partial charge on any atom is -0.457 e. The molecule has 0 saturated carbocycles. The number of sulfonamides is 1. The Morgan fingerprint density at radius 1 is 0.963 bits per heavy atom. The number of hydrogen-bond acceptors (Lipinski definition) is 4. The van der Waals surface area contributed by atoms with Crippen LogP contribution in [0.15, 0.2) is 47.4 Å². The van der Waals surface area contributed by atoms with E-state index in [-0.39, 0.29) is 17.1 Å². The number of halogens is 2. The van der Waals surface area contributed by atoms with Crippen molar-refractivity contribution in [1.82, 2.24) is 4.31 Å². The van der Waals surface area contributed by atoms with Crippen molar-refractivity contribution in [3.63, 3.8) is 0 Å². The predicted octanol–water partition coefficient (Wildman–Crippen LogP) is 4.53. The SMILES string of the molecule is O=C(OCc1c(Cl)cccc1Cl)c1ccc(S(=O)(=O)N2CCCCC2)cc1. The van der Waals surface area contributed by atoms with Gasteiger partial charge in [-0.05, 0) is 49.2 Å². The van der Waals surface area contributed by atoms with E-state index in [4.69, 9.17) is 27.9 Å². The van der Waals surface area contributed by atoms with Crippen LogP contribution in [0.2, 0.25) is 10.0 Å². The molecule has 0 atom stereocenters. The summed E-state index contributed by atoms with van der Waals surface area (Å²) in [5.74, 6) is -0.576. The van der Waals surface area contributed by atoms with E-state index in [1.165, 1.54) is 28.6 Å². The van der Waals surface area contributed by atoms with Crippen molar-refractivity contribution < 1.29 is 17.9 Å². The molecule has 1 aliphatic rings. The quantitative estimate of drug-likeness (QED) is 0.657. The van der Waals surface area contributed by atoms with Crippen molar-refractivity contribution in [3.8, 4) is 0 Å². The number of carbonyl (C=O) groups is 1. The lowest BCUT2D eigenvalue weighted by Gasteiger charge is -2.25. The lowest BCUT2D eigenvalue weighted by molar-refractivity contribution is 0.0473. The Hall–Kier alpha value is -1.60. The number of hydrogen-bond donors (Lipinski definition) is 0. The molecule has 2 aromatic rings. The molecule has 0 aliphatic carbocycles. The van der Waals surface area contributed by atoms with Gasteiger partial charge >= 0.3 is 5.97 Å². The fourth-order valence-corrected chi connectivity index (χ4v) is 4.93. The summed E-state index contributed by atoms with van der Waals surface area (Å²) in [4.78, 5) is 12.4. The summed E-state index contributed by atoms with van der Waals surface area (Å²) in [5, 5.41) is 0.830. The van der Waals surface area contributed by atoms with Crippen molar-refractivity contribution in [2.45, 2.75) is 30.8 Å². The Morgan fingerprint density at radius 2 is 1.56 bits per heavy atom. The molecule has 0 unspecified atom stereocenters. The maximum Gasteiger partial charge on any atom is 0.338 e. The zero-order valence-electron chi connectivity index (χ0n) is 14.5. The van der Waals surface area contributed by atoms with Gasteiger partial charge < -0.3 is 4.74 Å². The van der Waals surface area contributed by atoms with Crippen LogP contribution < -0.4 is 0 Å². The fraction of sp³-hybridized carbons (Fsp3) is 0.316. The van der Waals surface area contributed by atoms with Gasteiger partial charge in [0.25, 0.3) is 0 Å². The molecule has 8 heteroatoms. The molecule has 0 amide bonds. The Morgan fingerprint density at radius 3 is 2.15 bits per heavy atom. The van der Waals surface area contributed by atoms with Crippen molar-refractivity contribution in [2.75, 3.05) is 13.1 Å². The van der Waals surface area contributed by atoms with Crippen LogP contribution in [0.3, 0.4) is 0 Å². The van der Waals surface area contributed by atoms with Gasteiger partial charge in [-0.2, -0.15) is 4.31 Å². The average molecular weight is 428 g/mol. The molecule has 0 spiro atoms. The molecule has 0 bridgehead atoms. The molecule has 0 aromatic heterocycles. The van der Waals surface area contributed by atoms with Gasteiger partial charge in [0.2, 0.25) is 10.0 Å². The summed E-state index contributed by atoms with van der Waals surface area (Å²) in [6.45, 7) is 1.00. The number of piperidine rings is 1. The molecule has 5 nitrogen and oxygen atoms in total. The van der Waals surface area contributed by atoms with Crippen LogP contribution in [-0.2, 0) is 21.4 Å². The molecular weight excluding hydrogens is 409 g/mol. The molecule has 1 aliphatic heterocycles. The molecule has 27 heavy (non-hydrogen) atoms. The first kappa shape index (κ1) is 20.1. The third-order valence-electron chi connectivity index (χ3n) is 4.45. The van der Waals surface area contributed by atoms with Gasteiger partial charge in [0.05, 0.1) is 10.5 Å². The summed E-state index contributed by atoms with van der Waals surface area (Å²) in [6.07, 6.45) is 2.79. The third kappa shape index (κ3) is 4.63. The standard InChI is InChI=1S/C19H19Cl2NO4S/c20-17-5-4-6-18(21)16(17)13-26-19(23)14-7-9-15(10-8-14)27(24,25)22-11-2-1-3-12-22/h4-10H,1-3,11-13H2. The summed E-state index contributed by atoms with van der Waals surface area (Å²) >= 11 is 12.1. The summed E-state index contributed by atoms with van der Waals surface area (Å²) in [7, 11) is -3.52. The highest BCUT2D eigenvalue weighted by Gasteiger charge is 2.26. The fourth-order valence-electron chi connectivity index (χ4n) is 2.91. The highest BCUT2D eigenvalue weighted by atomic mass is 35.5. The molecule has 144 valence electrons. The average Bonchev–Trinajstić information content (AvgIpc) is 2.68. The van der Waals surface area contributed by atoms with Gasteiger partial charge in [-0.15, -0.1) is 0 Å². The monoisotopic (exact) mass is 427 g/mol. The highest BCUT2D eigenvalue weighted by molar-refractivity contribution is 7.89. The van der Waals surface area contributed by atoms with Gasteiger partial charge in [-0.25, -0.2) is 13.2 Å². The molecule has 0 radical (unpaired) electrons. The van der Waals surface area contributed by atoms with Gasteiger partial charge in [-0.3, -0.25) is 0 Å². The lowest BCUT2D eigenvalue weighted by Crippen LogP contribution is -2.35. The highest BCUT2D eigenvalue weighted by Crippen LogP contribution is 2.25. The summed E-state index contributed by atoms with van der Waals surface area (Å²) in [6, 6.07) is 10.8. The Labute approximate surface area is 168 Å². The first-order valence-electron chi connectivity index (χ1n) is 8.60. The van der Waals surface area contributed by atoms with Gasteiger partial charge in [0, 0.05) is 28.7 Å². The first-order valence-corrected chi connectivity index (χ1v) is 10.8. The van der Waals surface area contributed by atoms with Gasteiger partial charge in [0.1, 0.15) is 6.61 Å². The molecule has 0 N–H and O–H groups in total. The Balaban J connectivity index is 1.68. The second-order valence-electron chi connectivity index (χ2n) is 6.27. The van der Waals surface area contributed by atoms with Gasteiger partial charge in [-0.1, -0.05) is 35.7 Å². The lowest BCUT2D eigenvalue weighted by atomic mass is 10.2. The van der Waals surface area contributed by atoms with E-state index >= 15 is 0 Å². The van der Waals surface area contributed by atoms with Crippen molar-refractivity contribution in [3.05, 3.63) is 63.6 Å². The van der Waals surface area contributed by atoms with Crippen LogP contribution >= 0.6 is 23.2 Å². The van der Waals surface area contributed by atoms with E-state index in [0.29, 0.717) is 28.7 Å². The largest absolute Gasteiger partial charge is 0.457 e. The Bertz CT molecular complexity index is 903. The molecule has 1 fully saturated rings. The second-order valence-corrected chi connectivity index (χ2v) is 9.02. The van der Waals surface area contributed by atoms with Crippen LogP contribution in [0.4, 0.5) is 0 Å². The van der Waals surface area contributed by atoms with Crippen molar-refractivity contribution in [2.24, 2.45) is 0 Å². The van der Waals surface area contributed by atoms with Crippen LogP contribution in [0, 0.1) is 0 Å². The second kappa shape index (κ2) is 8.61. The molecular formula is C19H19Cl2NO4S. The number of ether oxygens (including phenoxy) is 1. The smallest absolute Gasteiger partial charge is 0.338 e. The van der Waals surface area contributed by atoms with Crippen LogP contribution in [0.25, 0.3) is 0 Å². The topological polar surface area (TPSA) is 63.7 Å². The van der Waals surface area contributed by atoms with Crippen LogP contribution in [0.1, 0.15) is 35.2 Å². The zero-order chi connectivity index (χ0) is 19.4. The molecule has 1 saturated heterocycles. The first-order chi connectivity index (χ1) is 12.9. The van der Waals surface area contributed by atoms with Crippen molar-refractivity contribution >= 4 is 39.2 Å². The third-order valence-corrected chi connectivity index (χ3v) is 7.07. The summed E-state index contributed by atoms with van der Waals surface area (Å²) < 4.78 is 32.0. The number of carbonyl (C=O) groups excluding carboxylic acids is 1. The maximum atomic E-state index is 12.6. The number of esters is 1. The molecule has 2 aromatic carbocycles. The normalized spacial score (nSPS) is 15.5. The van der Waals surface area contributed by atoms with E-state index in [1.807, 2.05) is 0 Å². The van der Waals surface area contributed by atoms with E-state index in [0.717, 1.165) is 19.3 Å². The number of benzene rings is 2. The zero-order valence-corrected chi connectivity index (χ0v) is 16.9. The molecule has 3 rings (SSSR count). The molecule has 1 heterocycles. The predicted molar refractivity (Wildman–Crippen MR) is 105 cm³/mol. The summed E-state index contributed by atoms with van der Waals surface area (Å²) in [5.41, 5.74) is 0.786. The number of nitrogens with zero attached hydrogens (tertiary/aromatic N) is 1.